The van der Waals surface area contributed by atoms with Gasteiger partial charge in [0.15, 0.2) is 5.82 Å². The minimum atomic E-state index is -0.116. The maximum atomic E-state index is 12.3. The predicted molar refractivity (Wildman–Crippen MR) is 92.8 cm³/mol. The number of fused-ring (bicyclic) bond motifs is 1. The number of hydrogen-bond donors (Lipinski definition) is 3. The Bertz CT molecular complexity index is 560. The van der Waals surface area contributed by atoms with E-state index in [1.807, 2.05) is 7.05 Å². The molecule has 3 rings (SSSR count). The van der Waals surface area contributed by atoms with Gasteiger partial charge in [-0.15, -0.1) is 10.2 Å². The van der Waals surface area contributed by atoms with E-state index in [1.165, 1.54) is 19.3 Å². The van der Waals surface area contributed by atoms with Crippen LogP contribution < -0.4 is 16.0 Å². The fraction of sp³-hybridized carbons (Fsp3) is 0.824. The molecule has 24 heavy (non-hydrogen) atoms. The second-order valence-corrected chi connectivity index (χ2v) is 7.11. The van der Waals surface area contributed by atoms with Gasteiger partial charge in [-0.25, -0.2) is 4.79 Å². The van der Waals surface area contributed by atoms with Gasteiger partial charge in [0, 0.05) is 25.0 Å². The summed E-state index contributed by atoms with van der Waals surface area (Å²) in [7, 11) is 1.97. The number of amides is 2. The summed E-state index contributed by atoms with van der Waals surface area (Å²) in [5, 5.41) is 18.2. The molecule has 0 radical (unpaired) electrons. The lowest BCUT2D eigenvalue weighted by atomic mass is 9.77. The van der Waals surface area contributed by atoms with E-state index in [0.29, 0.717) is 6.54 Å². The normalized spacial score (nSPS) is 20.4. The number of nitrogens with one attached hydrogen (secondary N) is 3. The lowest BCUT2D eigenvalue weighted by Gasteiger charge is -2.41. The minimum Gasteiger partial charge on any atom is -0.336 e. The van der Waals surface area contributed by atoms with Gasteiger partial charge in [0.05, 0.1) is 6.04 Å². The third kappa shape index (κ3) is 3.55. The lowest BCUT2D eigenvalue weighted by Crippen LogP contribution is -2.57. The van der Waals surface area contributed by atoms with E-state index < -0.39 is 0 Å². The summed E-state index contributed by atoms with van der Waals surface area (Å²) in [5.74, 6) is 1.96. The van der Waals surface area contributed by atoms with Crippen LogP contribution in [0.1, 0.15) is 69.6 Å². The highest BCUT2D eigenvalue weighted by atomic mass is 16.2. The van der Waals surface area contributed by atoms with Crippen LogP contribution in [0.3, 0.4) is 0 Å². The average Bonchev–Trinajstić information content (AvgIpc) is 2.80. The first-order valence-electron chi connectivity index (χ1n) is 9.33. The van der Waals surface area contributed by atoms with Crippen LogP contribution in [0.5, 0.6) is 0 Å². The third-order valence-corrected chi connectivity index (χ3v) is 5.59. The number of rotatable bonds is 6. The highest BCUT2D eigenvalue weighted by Crippen LogP contribution is 2.30. The van der Waals surface area contributed by atoms with Gasteiger partial charge in [-0.2, -0.15) is 0 Å². The molecule has 0 spiro atoms. The van der Waals surface area contributed by atoms with Gasteiger partial charge in [-0.05, 0) is 45.6 Å². The van der Waals surface area contributed by atoms with Crippen LogP contribution >= 0.6 is 0 Å². The molecular weight excluding hydrogens is 304 g/mol. The van der Waals surface area contributed by atoms with Crippen molar-refractivity contribution in [2.45, 2.75) is 76.4 Å². The van der Waals surface area contributed by atoms with Crippen molar-refractivity contribution in [1.29, 1.82) is 0 Å². The van der Waals surface area contributed by atoms with E-state index in [-0.39, 0.29) is 17.6 Å². The van der Waals surface area contributed by atoms with E-state index in [9.17, 15) is 4.79 Å². The zero-order valence-corrected chi connectivity index (χ0v) is 14.9. The van der Waals surface area contributed by atoms with Crippen molar-refractivity contribution in [3.8, 4) is 0 Å². The molecular formula is C17H30N6O. The van der Waals surface area contributed by atoms with E-state index in [1.54, 1.807) is 0 Å². The van der Waals surface area contributed by atoms with Crippen molar-refractivity contribution in [2.24, 2.45) is 0 Å². The zero-order valence-electron chi connectivity index (χ0n) is 14.9. The molecule has 1 aromatic rings. The molecule has 1 unspecified atom stereocenters. The molecule has 1 aliphatic heterocycles. The number of aryl methyl sites for hydroxylation is 1. The summed E-state index contributed by atoms with van der Waals surface area (Å²) in [6, 6.07) is -0.203. The molecule has 0 aromatic carbocycles. The summed E-state index contributed by atoms with van der Waals surface area (Å²) >= 11 is 0. The molecule has 2 amide bonds. The maximum absolute atomic E-state index is 12.3. The SMILES string of the molecule is CCC(NC(=O)NCC1(NC)CCC1)c1nnc2n1CCCCC2. The molecule has 0 bridgehead atoms. The summed E-state index contributed by atoms with van der Waals surface area (Å²) < 4.78 is 2.21. The van der Waals surface area contributed by atoms with Crippen LogP contribution in [0, 0.1) is 0 Å². The average molecular weight is 334 g/mol. The smallest absolute Gasteiger partial charge is 0.315 e. The Labute approximate surface area is 144 Å². The van der Waals surface area contributed by atoms with Crippen molar-refractivity contribution in [2.75, 3.05) is 13.6 Å². The summed E-state index contributed by atoms with van der Waals surface area (Å²) in [4.78, 5) is 12.3. The molecule has 134 valence electrons. The minimum absolute atomic E-state index is 0.0868. The van der Waals surface area contributed by atoms with Gasteiger partial charge in [0.1, 0.15) is 5.82 Å². The summed E-state index contributed by atoms with van der Waals surface area (Å²) in [6.07, 6.45) is 8.84. The van der Waals surface area contributed by atoms with Gasteiger partial charge in [-0.1, -0.05) is 13.3 Å². The number of carbonyl (C=O) groups excluding carboxylic acids is 1. The van der Waals surface area contributed by atoms with Crippen LogP contribution in [0.4, 0.5) is 4.79 Å². The van der Waals surface area contributed by atoms with Gasteiger partial charge in [0.25, 0.3) is 0 Å². The highest BCUT2D eigenvalue weighted by molar-refractivity contribution is 5.74. The van der Waals surface area contributed by atoms with Gasteiger partial charge < -0.3 is 20.5 Å². The topological polar surface area (TPSA) is 83.9 Å². The Morgan fingerprint density at radius 1 is 1.25 bits per heavy atom. The monoisotopic (exact) mass is 334 g/mol. The number of hydrogen-bond acceptors (Lipinski definition) is 4. The Kier molecular flexibility index (Phi) is 5.38. The molecule has 1 aromatic heterocycles. The number of nitrogens with zero attached hydrogens (tertiary/aromatic N) is 3. The van der Waals surface area contributed by atoms with Crippen LogP contribution in [0.2, 0.25) is 0 Å². The summed E-state index contributed by atoms with van der Waals surface area (Å²) in [5.41, 5.74) is 0.0883. The maximum Gasteiger partial charge on any atom is 0.315 e. The number of aromatic nitrogens is 3. The molecule has 2 heterocycles. The first kappa shape index (κ1) is 17.2. The lowest BCUT2D eigenvalue weighted by molar-refractivity contribution is 0.186. The Balaban J connectivity index is 1.60. The molecule has 0 saturated heterocycles. The van der Waals surface area contributed by atoms with Crippen LogP contribution in [-0.2, 0) is 13.0 Å². The second-order valence-electron chi connectivity index (χ2n) is 7.11. The number of urea groups is 1. The molecule has 1 fully saturated rings. The van der Waals surface area contributed by atoms with Gasteiger partial charge >= 0.3 is 6.03 Å². The zero-order chi connectivity index (χ0) is 17.0. The highest BCUT2D eigenvalue weighted by Gasteiger charge is 2.35. The van der Waals surface area contributed by atoms with E-state index >= 15 is 0 Å². The molecule has 1 saturated carbocycles. The molecule has 1 aliphatic carbocycles. The second kappa shape index (κ2) is 7.51. The van der Waals surface area contributed by atoms with E-state index in [4.69, 9.17) is 0 Å². The van der Waals surface area contributed by atoms with Crippen molar-refractivity contribution in [3.05, 3.63) is 11.6 Å². The molecule has 3 N–H and O–H groups in total. The summed E-state index contributed by atoms with van der Waals surface area (Å²) in [6.45, 7) is 3.70. The van der Waals surface area contributed by atoms with E-state index in [2.05, 4.69) is 37.6 Å². The molecule has 2 aliphatic rings. The Hall–Kier alpha value is -1.63. The molecule has 7 nitrogen and oxygen atoms in total. The third-order valence-electron chi connectivity index (χ3n) is 5.59. The fourth-order valence-electron chi connectivity index (χ4n) is 3.69. The number of carbonyl (C=O) groups is 1. The number of likely N-dealkylation sites (N-methyl/N-ethyl adjacent to an activating group) is 1. The largest absolute Gasteiger partial charge is 0.336 e. The van der Waals surface area contributed by atoms with Crippen molar-refractivity contribution >= 4 is 6.03 Å². The predicted octanol–water partition coefficient (Wildman–Crippen LogP) is 1.90. The molecule has 1 atom stereocenters. The first-order valence-corrected chi connectivity index (χ1v) is 9.33. The Morgan fingerprint density at radius 2 is 2.08 bits per heavy atom. The van der Waals surface area contributed by atoms with Crippen molar-refractivity contribution in [3.63, 3.8) is 0 Å². The molecule has 7 heteroatoms. The van der Waals surface area contributed by atoms with E-state index in [0.717, 1.165) is 50.3 Å². The van der Waals surface area contributed by atoms with Crippen LogP contribution in [-0.4, -0.2) is 39.9 Å². The van der Waals surface area contributed by atoms with Crippen LogP contribution in [0.25, 0.3) is 0 Å². The van der Waals surface area contributed by atoms with Crippen molar-refractivity contribution in [1.82, 2.24) is 30.7 Å². The van der Waals surface area contributed by atoms with Gasteiger partial charge in [-0.3, -0.25) is 0 Å². The first-order chi connectivity index (χ1) is 11.7. The fourth-order valence-corrected chi connectivity index (χ4v) is 3.69. The Morgan fingerprint density at radius 3 is 2.75 bits per heavy atom. The van der Waals surface area contributed by atoms with Crippen LogP contribution in [0.15, 0.2) is 0 Å². The van der Waals surface area contributed by atoms with Gasteiger partial charge in [0.2, 0.25) is 0 Å². The standard InChI is InChI=1S/C17H30N6O/c1-3-13(15-22-21-14-8-5-4-6-11-23(14)15)20-16(24)19-12-17(18-2)9-7-10-17/h13,18H,3-12H2,1-2H3,(H2,19,20,24). The quantitative estimate of drug-likeness (QED) is 0.742. The van der Waals surface area contributed by atoms with Crippen molar-refractivity contribution < 1.29 is 4.79 Å².